The van der Waals surface area contributed by atoms with Crippen molar-refractivity contribution in [3.05, 3.63) is 23.9 Å². The van der Waals surface area contributed by atoms with Crippen LogP contribution in [0.5, 0.6) is 0 Å². The van der Waals surface area contributed by atoms with Crippen LogP contribution in [0.1, 0.15) is 44.7 Å². The summed E-state index contributed by atoms with van der Waals surface area (Å²) in [4.78, 5) is 12.2. The number of rotatable bonds is 3. The number of hydrogen-bond acceptors (Lipinski definition) is 4. The minimum Gasteiger partial charge on any atom is -0.354 e. The Labute approximate surface area is 135 Å². The molecule has 4 nitrogen and oxygen atoms in total. The monoisotopic (exact) mass is 302 g/mol. The van der Waals surface area contributed by atoms with Gasteiger partial charge in [0.15, 0.2) is 0 Å². The Bertz CT molecular complexity index is 462. The predicted octanol–water partition coefficient (Wildman–Crippen LogP) is 2.77. The molecule has 1 aromatic rings. The van der Waals surface area contributed by atoms with Gasteiger partial charge < -0.3 is 9.80 Å². The molecule has 0 aliphatic carbocycles. The molecule has 122 valence electrons. The number of likely N-dealkylation sites (tertiary alicyclic amines) is 1. The molecule has 1 aromatic heterocycles. The lowest BCUT2D eigenvalue weighted by atomic mass is 9.95. The topological polar surface area (TPSA) is 22.6 Å². The number of pyridine rings is 1. The average molecular weight is 302 g/mol. The van der Waals surface area contributed by atoms with Gasteiger partial charge in [-0.1, -0.05) is 12.5 Å². The van der Waals surface area contributed by atoms with Gasteiger partial charge in [-0.3, -0.25) is 4.90 Å². The summed E-state index contributed by atoms with van der Waals surface area (Å²) in [6.45, 7) is 10.3. The van der Waals surface area contributed by atoms with Gasteiger partial charge in [0.05, 0.1) is 0 Å². The van der Waals surface area contributed by atoms with Crippen LogP contribution in [0, 0.1) is 0 Å². The molecule has 4 heteroatoms. The van der Waals surface area contributed by atoms with Gasteiger partial charge >= 0.3 is 0 Å². The van der Waals surface area contributed by atoms with Gasteiger partial charge in [-0.15, -0.1) is 0 Å². The number of aromatic nitrogens is 1. The van der Waals surface area contributed by atoms with E-state index in [0.29, 0.717) is 12.1 Å². The third kappa shape index (κ3) is 3.44. The number of piperidine rings is 1. The van der Waals surface area contributed by atoms with E-state index >= 15 is 0 Å². The lowest BCUT2D eigenvalue weighted by Gasteiger charge is -2.39. The summed E-state index contributed by atoms with van der Waals surface area (Å²) in [5.74, 6) is 1.14. The fourth-order valence-electron chi connectivity index (χ4n) is 3.75. The van der Waals surface area contributed by atoms with E-state index in [1.807, 2.05) is 0 Å². The first-order chi connectivity index (χ1) is 10.6. The van der Waals surface area contributed by atoms with Crippen LogP contribution in [0.2, 0.25) is 0 Å². The molecule has 3 rings (SSSR count). The predicted molar refractivity (Wildman–Crippen MR) is 92.4 cm³/mol. The maximum absolute atomic E-state index is 4.78. The molecule has 0 N–H and O–H groups in total. The summed E-state index contributed by atoms with van der Waals surface area (Å²) < 4.78 is 0. The molecule has 2 fully saturated rings. The van der Waals surface area contributed by atoms with E-state index in [1.54, 1.807) is 0 Å². The number of hydrogen-bond donors (Lipinski definition) is 0. The van der Waals surface area contributed by atoms with E-state index in [9.17, 15) is 0 Å². The van der Waals surface area contributed by atoms with Crippen LogP contribution in [-0.2, 0) is 0 Å². The second kappa shape index (κ2) is 6.97. The maximum Gasteiger partial charge on any atom is 0.128 e. The largest absolute Gasteiger partial charge is 0.354 e. The first-order valence-electron chi connectivity index (χ1n) is 8.80. The average Bonchev–Trinajstić information content (AvgIpc) is 2.56. The van der Waals surface area contributed by atoms with Crippen molar-refractivity contribution in [3.8, 4) is 0 Å². The van der Waals surface area contributed by atoms with Gasteiger partial charge in [0.25, 0.3) is 0 Å². The fraction of sp³-hybridized carbons (Fsp3) is 0.722. The highest BCUT2D eigenvalue weighted by atomic mass is 15.3. The van der Waals surface area contributed by atoms with E-state index in [2.05, 4.69) is 53.9 Å². The summed E-state index contributed by atoms with van der Waals surface area (Å²) in [5, 5.41) is 0. The third-order valence-electron chi connectivity index (χ3n) is 5.19. The highest BCUT2D eigenvalue weighted by Crippen LogP contribution is 2.32. The zero-order valence-corrected chi connectivity index (χ0v) is 14.3. The van der Waals surface area contributed by atoms with Crippen molar-refractivity contribution >= 4 is 5.82 Å². The smallest absolute Gasteiger partial charge is 0.128 e. The van der Waals surface area contributed by atoms with Crippen LogP contribution in [0.4, 0.5) is 5.82 Å². The van der Waals surface area contributed by atoms with Crippen LogP contribution in [0.3, 0.4) is 0 Å². The summed E-state index contributed by atoms with van der Waals surface area (Å²) in [6, 6.07) is 5.71. The Balaban J connectivity index is 1.70. The Kier molecular flexibility index (Phi) is 4.99. The van der Waals surface area contributed by atoms with Crippen molar-refractivity contribution in [2.24, 2.45) is 0 Å². The molecule has 22 heavy (non-hydrogen) atoms. The molecule has 2 aliphatic heterocycles. The number of anilines is 1. The molecule has 0 spiro atoms. The molecule has 3 heterocycles. The molecular formula is C18H30N4. The van der Waals surface area contributed by atoms with Crippen molar-refractivity contribution in [1.29, 1.82) is 0 Å². The van der Waals surface area contributed by atoms with Gasteiger partial charge in [-0.05, 0) is 51.9 Å². The van der Waals surface area contributed by atoms with Crippen LogP contribution in [0.15, 0.2) is 18.3 Å². The third-order valence-corrected chi connectivity index (χ3v) is 5.19. The fourth-order valence-corrected chi connectivity index (χ4v) is 3.75. The molecule has 0 radical (unpaired) electrons. The SMILES string of the molecule is CC(C)N1CCCC[C@H]1c1ccc(N2CCN(C)CC2)nc1. The molecule has 0 unspecified atom stereocenters. The van der Waals surface area contributed by atoms with Gasteiger partial charge in [0.1, 0.15) is 5.82 Å². The van der Waals surface area contributed by atoms with Gasteiger partial charge in [-0.2, -0.15) is 0 Å². The van der Waals surface area contributed by atoms with E-state index in [0.717, 1.165) is 32.0 Å². The number of piperazine rings is 1. The van der Waals surface area contributed by atoms with Gasteiger partial charge in [0.2, 0.25) is 0 Å². The Hall–Kier alpha value is -1.13. The van der Waals surface area contributed by atoms with Crippen molar-refractivity contribution in [1.82, 2.24) is 14.8 Å². The highest BCUT2D eigenvalue weighted by molar-refractivity contribution is 5.40. The summed E-state index contributed by atoms with van der Waals surface area (Å²) >= 11 is 0. The van der Waals surface area contributed by atoms with E-state index in [1.165, 1.54) is 31.4 Å². The zero-order chi connectivity index (χ0) is 15.5. The van der Waals surface area contributed by atoms with Crippen molar-refractivity contribution in [3.63, 3.8) is 0 Å². The van der Waals surface area contributed by atoms with Crippen LogP contribution >= 0.6 is 0 Å². The molecule has 0 saturated carbocycles. The number of likely N-dealkylation sites (N-methyl/N-ethyl adjacent to an activating group) is 1. The second-order valence-corrected chi connectivity index (χ2v) is 7.08. The second-order valence-electron chi connectivity index (χ2n) is 7.08. The molecule has 1 atom stereocenters. The van der Waals surface area contributed by atoms with Crippen molar-refractivity contribution in [2.45, 2.75) is 45.2 Å². The highest BCUT2D eigenvalue weighted by Gasteiger charge is 2.26. The lowest BCUT2D eigenvalue weighted by Crippen LogP contribution is -2.44. The molecule has 2 saturated heterocycles. The minimum absolute atomic E-state index is 0.558. The first-order valence-corrected chi connectivity index (χ1v) is 8.80. The normalized spacial score (nSPS) is 24.9. The van der Waals surface area contributed by atoms with Crippen LogP contribution in [-0.4, -0.2) is 60.6 Å². The van der Waals surface area contributed by atoms with E-state index in [-0.39, 0.29) is 0 Å². The Morgan fingerprint density at radius 3 is 2.45 bits per heavy atom. The summed E-state index contributed by atoms with van der Waals surface area (Å²) in [6.07, 6.45) is 6.07. The lowest BCUT2D eigenvalue weighted by molar-refractivity contribution is 0.112. The number of nitrogens with zero attached hydrogens (tertiary/aromatic N) is 4. The van der Waals surface area contributed by atoms with Gasteiger partial charge in [0, 0.05) is 44.5 Å². The summed E-state index contributed by atoms with van der Waals surface area (Å²) in [5.41, 5.74) is 1.39. The Morgan fingerprint density at radius 2 is 1.82 bits per heavy atom. The van der Waals surface area contributed by atoms with Crippen LogP contribution in [0.25, 0.3) is 0 Å². The molecule has 0 bridgehead atoms. The van der Waals surface area contributed by atoms with Gasteiger partial charge in [-0.25, -0.2) is 4.98 Å². The van der Waals surface area contributed by atoms with Crippen molar-refractivity contribution < 1.29 is 0 Å². The summed E-state index contributed by atoms with van der Waals surface area (Å²) in [7, 11) is 2.19. The van der Waals surface area contributed by atoms with E-state index < -0.39 is 0 Å². The molecular weight excluding hydrogens is 272 g/mol. The molecule has 0 amide bonds. The zero-order valence-electron chi connectivity index (χ0n) is 14.3. The molecule has 2 aliphatic rings. The van der Waals surface area contributed by atoms with Crippen LogP contribution < -0.4 is 4.90 Å². The maximum atomic E-state index is 4.78. The minimum atomic E-state index is 0.558. The van der Waals surface area contributed by atoms with E-state index in [4.69, 9.17) is 4.98 Å². The van der Waals surface area contributed by atoms with Crippen molar-refractivity contribution in [2.75, 3.05) is 44.7 Å². The quantitative estimate of drug-likeness (QED) is 0.856. The Morgan fingerprint density at radius 1 is 1.05 bits per heavy atom. The standard InChI is InChI=1S/C18H30N4/c1-15(2)22-9-5-4-6-17(22)16-7-8-18(19-14-16)21-12-10-20(3)11-13-21/h7-8,14-15,17H,4-6,9-13H2,1-3H3/t17-/m0/s1. The molecule has 0 aromatic carbocycles. The first kappa shape index (κ1) is 15.8.